The van der Waals surface area contributed by atoms with Crippen LogP contribution in [0.3, 0.4) is 0 Å². The molecule has 0 fully saturated rings. The number of carbonyl (C=O) groups is 1. The molecule has 6 nitrogen and oxygen atoms in total. The van der Waals surface area contributed by atoms with Crippen LogP contribution in [0.4, 0.5) is 0 Å². The molecule has 0 radical (unpaired) electrons. The first-order valence-corrected chi connectivity index (χ1v) is 7.87. The first kappa shape index (κ1) is 14.8. The van der Waals surface area contributed by atoms with Crippen molar-refractivity contribution in [2.75, 3.05) is 6.54 Å². The summed E-state index contributed by atoms with van der Waals surface area (Å²) in [6.07, 6.45) is 0.874. The molecule has 0 spiro atoms. The Bertz CT molecular complexity index is 680. The maximum Gasteiger partial charge on any atom is 0.245 e. The average Bonchev–Trinajstić information content (AvgIpc) is 3.08. The van der Waals surface area contributed by atoms with E-state index in [1.165, 1.54) is 0 Å². The smallest absolute Gasteiger partial charge is 0.245 e. The van der Waals surface area contributed by atoms with Crippen molar-refractivity contribution in [2.45, 2.75) is 53.2 Å². The summed E-state index contributed by atoms with van der Waals surface area (Å²) in [4.78, 5) is 14.7. The molecule has 0 saturated heterocycles. The maximum atomic E-state index is 12.8. The van der Waals surface area contributed by atoms with Gasteiger partial charge in [0.15, 0.2) is 5.82 Å². The van der Waals surface area contributed by atoms with Gasteiger partial charge in [-0.3, -0.25) is 4.79 Å². The Morgan fingerprint density at radius 3 is 2.55 bits per heavy atom. The molecular formula is C16H23N5O. The first-order chi connectivity index (χ1) is 10.5. The van der Waals surface area contributed by atoms with Crippen LogP contribution in [0.2, 0.25) is 0 Å². The third-order valence-electron chi connectivity index (χ3n) is 4.53. The van der Waals surface area contributed by atoms with Crippen LogP contribution in [-0.2, 0) is 24.3 Å². The number of aromatic nitrogens is 4. The van der Waals surface area contributed by atoms with E-state index in [4.69, 9.17) is 0 Å². The van der Waals surface area contributed by atoms with Gasteiger partial charge in [0.05, 0.1) is 6.54 Å². The highest BCUT2D eigenvalue weighted by Crippen LogP contribution is 2.21. The third kappa shape index (κ3) is 2.32. The van der Waals surface area contributed by atoms with Crippen molar-refractivity contribution < 1.29 is 4.79 Å². The molecule has 6 heteroatoms. The highest BCUT2D eigenvalue weighted by molar-refractivity contribution is 5.80. The zero-order valence-corrected chi connectivity index (χ0v) is 13.7. The fraction of sp³-hybridized carbons (Fsp3) is 0.562. The Balaban J connectivity index is 1.79. The van der Waals surface area contributed by atoms with E-state index in [-0.39, 0.29) is 11.9 Å². The van der Waals surface area contributed by atoms with E-state index < -0.39 is 0 Å². The van der Waals surface area contributed by atoms with Gasteiger partial charge >= 0.3 is 0 Å². The largest absolute Gasteiger partial charge is 0.337 e. The van der Waals surface area contributed by atoms with Crippen LogP contribution in [-0.4, -0.2) is 36.7 Å². The van der Waals surface area contributed by atoms with Crippen molar-refractivity contribution in [3.63, 3.8) is 0 Å². The third-order valence-corrected chi connectivity index (χ3v) is 4.53. The SMILES string of the molecule is CCc1nnc2n1CCN(C(=O)C(C)n1c(C)ccc1C)C2. The lowest BCUT2D eigenvalue weighted by atomic mass is 10.2. The summed E-state index contributed by atoms with van der Waals surface area (Å²) >= 11 is 0. The zero-order chi connectivity index (χ0) is 15.9. The lowest BCUT2D eigenvalue weighted by Crippen LogP contribution is -2.42. The number of hydrogen-bond acceptors (Lipinski definition) is 3. The molecule has 2 aromatic rings. The van der Waals surface area contributed by atoms with Crippen LogP contribution in [0.1, 0.15) is 42.9 Å². The van der Waals surface area contributed by atoms with Gasteiger partial charge in [0.25, 0.3) is 0 Å². The molecule has 2 aromatic heterocycles. The number of amides is 1. The van der Waals surface area contributed by atoms with Crippen molar-refractivity contribution >= 4 is 5.91 Å². The van der Waals surface area contributed by atoms with E-state index >= 15 is 0 Å². The molecule has 1 unspecified atom stereocenters. The minimum Gasteiger partial charge on any atom is -0.337 e. The van der Waals surface area contributed by atoms with Gasteiger partial charge in [0.2, 0.25) is 5.91 Å². The van der Waals surface area contributed by atoms with Gasteiger partial charge in [-0.05, 0) is 32.9 Å². The molecule has 0 N–H and O–H groups in total. The van der Waals surface area contributed by atoms with Crippen LogP contribution in [0.15, 0.2) is 12.1 Å². The van der Waals surface area contributed by atoms with Crippen LogP contribution in [0, 0.1) is 13.8 Å². The number of aryl methyl sites for hydroxylation is 3. The Kier molecular flexibility index (Phi) is 3.76. The van der Waals surface area contributed by atoms with Crippen molar-refractivity contribution in [1.82, 2.24) is 24.2 Å². The summed E-state index contributed by atoms with van der Waals surface area (Å²) in [5.74, 6) is 2.05. The molecule has 1 amide bonds. The normalized spacial score (nSPS) is 15.7. The summed E-state index contributed by atoms with van der Waals surface area (Å²) in [6.45, 7) is 10.2. The molecule has 22 heavy (non-hydrogen) atoms. The van der Waals surface area contributed by atoms with Gasteiger partial charge in [-0.15, -0.1) is 10.2 Å². The van der Waals surface area contributed by atoms with Gasteiger partial charge in [-0.2, -0.15) is 0 Å². The second kappa shape index (κ2) is 5.59. The Hall–Kier alpha value is -2.11. The number of carbonyl (C=O) groups excluding carboxylic acids is 1. The van der Waals surface area contributed by atoms with E-state index in [9.17, 15) is 4.79 Å². The number of rotatable bonds is 3. The first-order valence-electron chi connectivity index (χ1n) is 7.87. The van der Waals surface area contributed by atoms with E-state index in [0.717, 1.165) is 42.5 Å². The number of fused-ring (bicyclic) bond motifs is 1. The van der Waals surface area contributed by atoms with E-state index in [0.29, 0.717) is 6.54 Å². The van der Waals surface area contributed by atoms with Crippen molar-refractivity contribution in [2.24, 2.45) is 0 Å². The number of hydrogen-bond donors (Lipinski definition) is 0. The Morgan fingerprint density at radius 1 is 1.23 bits per heavy atom. The van der Waals surface area contributed by atoms with Gasteiger partial charge in [-0.1, -0.05) is 6.92 Å². The average molecular weight is 301 g/mol. The van der Waals surface area contributed by atoms with Gasteiger partial charge in [-0.25, -0.2) is 0 Å². The van der Waals surface area contributed by atoms with Crippen LogP contribution in [0.25, 0.3) is 0 Å². The van der Waals surface area contributed by atoms with E-state index in [1.54, 1.807) is 0 Å². The van der Waals surface area contributed by atoms with Crippen LogP contribution >= 0.6 is 0 Å². The van der Waals surface area contributed by atoms with Gasteiger partial charge < -0.3 is 14.0 Å². The summed E-state index contributed by atoms with van der Waals surface area (Å²) in [7, 11) is 0. The van der Waals surface area contributed by atoms with Gasteiger partial charge in [0.1, 0.15) is 11.9 Å². The van der Waals surface area contributed by atoms with Crippen molar-refractivity contribution in [3.8, 4) is 0 Å². The topological polar surface area (TPSA) is 56.0 Å². The Morgan fingerprint density at radius 2 is 1.91 bits per heavy atom. The molecule has 3 heterocycles. The van der Waals surface area contributed by atoms with Crippen molar-refractivity contribution in [3.05, 3.63) is 35.2 Å². The second-order valence-electron chi connectivity index (χ2n) is 5.96. The molecule has 0 aromatic carbocycles. The fourth-order valence-corrected chi connectivity index (χ4v) is 3.33. The fourth-order valence-electron chi connectivity index (χ4n) is 3.33. The summed E-state index contributed by atoms with van der Waals surface area (Å²) in [5.41, 5.74) is 2.23. The lowest BCUT2D eigenvalue weighted by Gasteiger charge is -2.31. The molecule has 0 saturated carbocycles. The molecule has 1 aliphatic rings. The van der Waals surface area contributed by atoms with Crippen molar-refractivity contribution in [1.29, 1.82) is 0 Å². The summed E-state index contributed by atoms with van der Waals surface area (Å²) < 4.78 is 4.24. The molecule has 1 aliphatic heterocycles. The molecule has 3 rings (SSSR count). The predicted octanol–water partition coefficient (Wildman–Crippen LogP) is 1.86. The molecule has 118 valence electrons. The quantitative estimate of drug-likeness (QED) is 0.869. The molecule has 1 atom stereocenters. The monoisotopic (exact) mass is 301 g/mol. The van der Waals surface area contributed by atoms with Gasteiger partial charge in [0, 0.05) is 30.9 Å². The predicted molar refractivity (Wildman–Crippen MR) is 83.4 cm³/mol. The molecule has 0 aliphatic carbocycles. The van der Waals surface area contributed by atoms with E-state index in [2.05, 4.69) is 38.4 Å². The van der Waals surface area contributed by atoms with Crippen LogP contribution in [0.5, 0.6) is 0 Å². The summed E-state index contributed by atoms with van der Waals surface area (Å²) in [5, 5.41) is 8.43. The maximum absolute atomic E-state index is 12.8. The minimum atomic E-state index is -0.185. The Labute approximate surface area is 130 Å². The summed E-state index contributed by atoms with van der Waals surface area (Å²) in [6, 6.07) is 3.92. The highest BCUT2D eigenvalue weighted by Gasteiger charge is 2.28. The minimum absolute atomic E-state index is 0.148. The molecule has 0 bridgehead atoms. The lowest BCUT2D eigenvalue weighted by molar-refractivity contribution is -0.135. The van der Waals surface area contributed by atoms with E-state index in [1.807, 2.05) is 25.7 Å². The van der Waals surface area contributed by atoms with Crippen LogP contribution < -0.4 is 0 Å². The number of nitrogens with zero attached hydrogens (tertiary/aromatic N) is 5. The standard InChI is InChI=1S/C16H23N5O/c1-5-14-17-18-15-10-19(8-9-20(14)15)16(22)13(4)21-11(2)6-7-12(21)3/h6-7,13H,5,8-10H2,1-4H3. The highest BCUT2D eigenvalue weighted by atomic mass is 16.2. The molecular weight excluding hydrogens is 278 g/mol. The second-order valence-corrected chi connectivity index (χ2v) is 5.96. The zero-order valence-electron chi connectivity index (χ0n) is 13.7.